The number of carbonyl (C=O) groups excluding carboxylic acids is 1. The van der Waals surface area contributed by atoms with E-state index in [4.69, 9.17) is 5.11 Å². The molecule has 2 aromatic heterocycles. The van der Waals surface area contributed by atoms with Crippen LogP contribution in [0.25, 0.3) is 0 Å². The standard InChI is InChI=1S/C18H22N4O3/c23-11-17(24)16-8-14-10-21(5-6-22(14)20-16)18(25)13-7-12-3-1-2-4-15(12)19-9-13/h7-9,17,23-24H,1-6,10-11H2. The lowest BCUT2D eigenvalue weighted by atomic mass is 9.95. The van der Waals surface area contributed by atoms with Gasteiger partial charge in [-0.25, -0.2) is 0 Å². The molecule has 0 saturated carbocycles. The summed E-state index contributed by atoms with van der Waals surface area (Å²) in [5.41, 5.74) is 4.29. The average Bonchev–Trinajstić information content (AvgIpc) is 3.09. The Labute approximate surface area is 145 Å². The van der Waals surface area contributed by atoms with E-state index in [9.17, 15) is 9.90 Å². The fourth-order valence-electron chi connectivity index (χ4n) is 3.61. The molecule has 0 saturated heterocycles. The van der Waals surface area contributed by atoms with Gasteiger partial charge in [-0.2, -0.15) is 5.10 Å². The summed E-state index contributed by atoms with van der Waals surface area (Å²) in [5, 5.41) is 23.1. The third-order valence-electron chi connectivity index (χ3n) is 5.03. The lowest BCUT2D eigenvalue weighted by molar-refractivity contribution is 0.0704. The van der Waals surface area contributed by atoms with E-state index in [0.717, 1.165) is 30.7 Å². The molecule has 0 radical (unpaired) electrons. The number of rotatable bonds is 3. The Bertz CT molecular complexity index is 802. The molecule has 0 aromatic carbocycles. The molecule has 25 heavy (non-hydrogen) atoms. The van der Waals surface area contributed by atoms with Crippen LogP contribution in [0.5, 0.6) is 0 Å². The van der Waals surface area contributed by atoms with Gasteiger partial charge in [0.15, 0.2) is 0 Å². The molecular formula is C18H22N4O3. The van der Waals surface area contributed by atoms with Gasteiger partial charge >= 0.3 is 0 Å². The van der Waals surface area contributed by atoms with E-state index >= 15 is 0 Å². The van der Waals surface area contributed by atoms with Crippen LogP contribution in [0.1, 0.15) is 51.9 Å². The Morgan fingerprint density at radius 1 is 1.24 bits per heavy atom. The zero-order valence-electron chi connectivity index (χ0n) is 14.1. The lowest BCUT2D eigenvalue weighted by Crippen LogP contribution is -2.38. The highest BCUT2D eigenvalue weighted by atomic mass is 16.3. The zero-order valence-corrected chi connectivity index (χ0v) is 14.1. The number of fused-ring (bicyclic) bond motifs is 2. The van der Waals surface area contributed by atoms with Crippen molar-refractivity contribution in [3.05, 3.63) is 46.5 Å². The summed E-state index contributed by atoms with van der Waals surface area (Å²) in [5.74, 6) is -0.0161. The van der Waals surface area contributed by atoms with Gasteiger partial charge in [0.1, 0.15) is 6.10 Å². The highest BCUT2D eigenvalue weighted by molar-refractivity contribution is 5.94. The fraction of sp³-hybridized carbons (Fsp3) is 0.500. The van der Waals surface area contributed by atoms with Crippen LogP contribution >= 0.6 is 0 Å². The maximum atomic E-state index is 12.9. The Hall–Kier alpha value is -2.25. The summed E-state index contributed by atoms with van der Waals surface area (Å²) < 4.78 is 1.79. The SMILES string of the molecule is O=C(c1cnc2c(c1)CCCC2)N1CCn2nc(C(O)CO)cc2C1. The van der Waals surface area contributed by atoms with Crippen molar-refractivity contribution in [2.24, 2.45) is 0 Å². The predicted molar refractivity (Wildman–Crippen MR) is 89.9 cm³/mol. The number of aliphatic hydroxyl groups is 2. The number of aryl methyl sites for hydroxylation is 2. The summed E-state index contributed by atoms with van der Waals surface area (Å²) in [6.07, 6.45) is 5.05. The van der Waals surface area contributed by atoms with E-state index in [-0.39, 0.29) is 12.5 Å². The number of amides is 1. The molecule has 1 amide bonds. The second-order valence-electron chi connectivity index (χ2n) is 6.75. The molecule has 7 heteroatoms. The van der Waals surface area contributed by atoms with Gasteiger partial charge in [0.2, 0.25) is 0 Å². The van der Waals surface area contributed by atoms with Crippen LogP contribution < -0.4 is 0 Å². The first-order valence-electron chi connectivity index (χ1n) is 8.78. The molecule has 3 heterocycles. The number of hydrogen-bond acceptors (Lipinski definition) is 5. The molecule has 1 unspecified atom stereocenters. The van der Waals surface area contributed by atoms with Crippen molar-refractivity contribution in [2.45, 2.75) is 44.9 Å². The van der Waals surface area contributed by atoms with Gasteiger partial charge in [0.05, 0.1) is 36.6 Å². The van der Waals surface area contributed by atoms with E-state index in [0.29, 0.717) is 30.9 Å². The molecule has 2 N–H and O–H groups in total. The predicted octanol–water partition coefficient (Wildman–Crippen LogP) is 0.839. The molecule has 4 rings (SSSR count). The van der Waals surface area contributed by atoms with Crippen molar-refractivity contribution in [2.75, 3.05) is 13.2 Å². The first-order valence-corrected chi connectivity index (χ1v) is 8.78. The molecule has 0 fully saturated rings. The average molecular weight is 342 g/mol. The summed E-state index contributed by atoms with van der Waals surface area (Å²) in [6.45, 7) is 1.23. The molecule has 2 aromatic rings. The minimum Gasteiger partial charge on any atom is -0.393 e. The molecule has 1 aliphatic carbocycles. The maximum absolute atomic E-state index is 12.9. The highest BCUT2D eigenvalue weighted by Crippen LogP contribution is 2.23. The Morgan fingerprint density at radius 2 is 2.08 bits per heavy atom. The molecular weight excluding hydrogens is 320 g/mol. The van der Waals surface area contributed by atoms with Gasteiger partial charge in [-0.1, -0.05) is 0 Å². The number of hydrogen-bond donors (Lipinski definition) is 2. The second-order valence-corrected chi connectivity index (χ2v) is 6.75. The first kappa shape index (κ1) is 16.2. The molecule has 132 valence electrons. The first-order chi connectivity index (χ1) is 12.2. The van der Waals surface area contributed by atoms with Crippen LogP contribution in [-0.2, 0) is 25.9 Å². The Morgan fingerprint density at radius 3 is 2.92 bits per heavy atom. The monoisotopic (exact) mass is 342 g/mol. The van der Waals surface area contributed by atoms with Crippen molar-refractivity contribution < 1.29 is 15.0 Å². The van der Waals surface area contributed by atoms with Gasteiger partial charge in [-0.3, -0.25) is 14.5 Å². The lowest BCUT2D eigenvalue weighted by Gasteiger charge is -2.28. The molecule has 1 aliphatic heterocycles. The minimum atomic E-state index is -0.980. The molecule has 1 atom stereocenters. The topological polar surface area (TPSA) is 91.5 Å². The van der Waals surface area contributed by atoms with E-state index in [1.165, 1.54) is 12.0 Å². The van der Waals surface area contributed by atoms with E-state index < -0.39 is 6.10 Å². The van der Waals surface area contributed by atoms with Crippen molar-refractivity contribution in [3.8, 4) is 0 Å². The summed E-state index contributed by atoms with van der Waals surface area (Å²) in [6, 6.07) is 3.75. The minimum absolute atomic E-state index is 0.0161. The normalized spacial score (nSPS) is 17.8. The summed E-state index contributed by atoms with van der Waals surface area (Å²) in [4.78, 5) is 19.1. The van der Waals surface area contributed by atoms with Gasteiger partial charge < -0.3 is 15.1 Å². The smallest absolute Gasteiger partial charge is 0.255 e. The van der Waals surface area contributed by atoms with Crippen LogP contribution in [0, 0.1) is 0 Å². The van der Waals surface area contributed by atoms with E-state index in [1.54, 1.807) is 21.8 Å². The van der Waals surface area contributed by atoms with Crippen molar-refractivity contribution >= 4 is 5.91 Å². The van der Waals surface area contributed by atoms with Gasteiger partial charge in [0, 0.05) is 18.4 Å². The van der Waals surface area contributed by atoms with Gasteiger partial charge in [-0.05, 0) is 43.4 Å². The van der Waals surface area contributed by atoms with Crippen LogP contribution in [0.3, 0.4) is 0 Å². The van der Waals surface area contributed by atoms with Crippen molar-refractivity contribution in [1.82, 2.24) is 19.7 Å². The third-order valence-corrected chi connectivity index (χ3v) is 5.03. The van der Waals surface area contributed by atoms with Crippen LogP contribution in [0.4, 0.5) is 0 Å². The quantitative estimate of drug-likeness (QED) is 0.862. The fourth-order valence-corrected chi connectivity index (χ4v) is 3.61. The molecule has 0 spiro atoms. The Kier molecular flexibility index (Phi) is 4.27. The molecule has 2 aliphatic rings. The zero-order chi connectivity index (χ0) is 17.4. The number of pyridine rings is 1. The summed E-state index contributed by atoms with van der Waals surface area (Å²) >= 11 is 0. The van der Waals surface area contributed by atoms with Crippen molar-refractivity contribution in [1.29, 1.82) is 0 Å². The van der Waals surface area contributed by atoms with Gasteiger partial charge in [-0.15, -0.1) is 0 Å². The van der Waals surface area contributed by atoms with Crippen molar-refractivity contribution in [3.63, 3.8) is 0 Å². The van der Waals surface area contributed by atoms with Crippen LogP contribution in [0.15, 0.2) is 18.3 Å². The molecule has 0 bridgehead atoms. The number of carbonyl (C=O) groups is 1. The number of aromatic nitrogens is 3. The van der Waals surface area contributed by atoms with Crippen LogP contribution in [-0.4, -0.2) is 48.9 Å². The van der Waals surface area contributed by atoms with E-state index in [2.05, 4.69) is 10.1 Å². The number of aliphatic hydroxyl groups excluding tert-OH is 2. The Balaban J connectivity index is 1.53. The van der Waals surface area contributed by atoms with Crippen LogP contribution in [0.2, 0.25) is 0 Å². The highest BCUT2D eigenvalue weighted by Gasteiger charge is 2.25. The summed E-state index contributed by atoms with van der Waals surface area (Å²) in [7, 11) is 0. The third kappa shape index (κ3) is 3.05. The maximum Gasteiger partial charge on any atom is 0.255 e. The van der Waals surface area contributed by atoms with Gasteiger partial charge in [0.25, 0.3) is 5.91 Å². The second kappa shape index (κ2) is 6.57. The number of nitrogens with zero attached hydrogens (tertiary/aromatic N) is 4. The largest absolute Gasteiger partial charge is 0.393 e. The van der Waals surface area contributed by atoms with E-state index in [1.807, 2.05) is 6.07 Å². The molecule has 7 nitrogen and oxygen atoms in total.